The van der Waals surface area contributed by atoms with Crippen molar-refractivity contribution < 1.29 is 24.0 Å². The van der Waals surface area contributed by atoms with Gasteiger partial charge in [-0.15, -0.1) is 0 Å². The summed E-state index contributed by atoms with van der Waals surface area (Å²) in [6.07, 6.45) is 4.76. The van der Waals surface area contributed by atoms with Gasteiger partial charge in [0, 0.05) is 6.61 Å². The standard InChI is InChI=1S/C18H28O5/c1-4-6-7-15(5-2)14-21-12-13-22-23-18(19)16-8-10-17(20-3)11-9-16/h8-11,15H,4-7,12-14H2,1-3H3. The molecule has 0 aromatic heterocycles. The number of carbonyl (C=O) groups excluding carboxylic acids is 1. The molecule has 0 bridgehead atoms. The van der Waals surface area contributed by atoms with Crippen LogP contribution in [-0.4, -0.2) is 32.9 Å². The van der Waals surface area contributed by atoms with Crippen molar-refractivity contribution in [2.75, 3.05) is 26.9 Å². The topological polar surface area (TPSA) is 54.0 Å². The Morgan fingerprint density at radius 1 is 1.13 bits per heavy atom. The number of carbonyl (C=O) groups is 1. The van der Waals surface area contributed by atoms with Crippen LogP contribution in [0.15, 0.2) is 24.3 Å². The molecule has 0 saturated carbocycles. The average Bonchev–Trinajstić information content (AvgIpc) is 2.60. The minimum atomic E-state index is -0.526. The Balaban J connectivity index is 2.12. The molecule has 0 aliphatic carbocycles. The van der Waals surface area contributed by atoms with Crippen molar-refractivity contribution in [1.29, 1.82) is 0 Å². The van der Waals surface area contributed by atoms with E-state index in [4.69, 9.17) is 19.2 Å². The molecule has 130 valence electrons. The largest absolute Gasteiger partial charge is 0.497 e. The molecule has 0 radical (unpaired) electrons. The monoisotopic (exact) mass is 324 g/mol. The molecule has 0 aliphatic rings. The molecule has 0 heterocycles. The van der Waals surface area contributed by atoms with Gasteiger partial charge in [0.15, 0.2) is 0 Å². The van der Waals surface area contributed by atoms with Crippen molar-refractivity contribution >= 4 is 5.97 Å². The third-order valence-electron chi connectivity index (χ3n) is 3.67. The Bertz CT molecular complexity index is 430. The van der Waals surface area contributed by atoms with Gasteiger partial charge in [-0.25, -0.2) is 4.79 Å². The van der Waals surface area contributed by atoms with Crippen LogP contribution in [0.2, 0.25) is 0 Å². The van der Waals surface area contributed by atoms with Crippen LogP contribution in [0.4, 0.5) is 0 Å². The third-order valence-corrected chi connectivity index (χ3v) is 3.67. The minimum Gasteiger partial charge on any atom is -0.497 e. The number of hydrogen-bond donors (Lipinski definition) is 0. The summed E-state index contributed by atoms with van der Waals surface area (Å²) in [4.78, 5) is 21.4. The van der Waals surface area contributed by atoms with Crippen molar-refractivity contribution in [2.24, 2.45) is 5.92 Å². The van der Waals surface area contributed by atoms with E-state index in [1.807, 2.05) is 0 Å². The van der Waals surface area contributed by atoms with E-state index in [-0.39, 0.29) is 6.61 Å². The Morgan fingerprint density at radius 3 is 2.48 bits per heavy atom. The third kappa shape index (κ3) is 8.00. The summed E-state index contributed by atoms with van der Waals surface area (Å²) < 4.78 is 10.6. The fourth-order valence-electron chi connectivity index (χ4n) is 2.11. The van der Waals surface area contributed by atoms with E-state index < -0.39 is 5.97 Å². The van der Waals surface area contributed by atoms with Gasteiger partial charge in [-0.2, -0.15) is 4.89 Å². The zero-order valence-corrected chi connectivity index (χ0v) is 14.4. The summed E-state index contributed by atoms with van der Waals surface area (Å²) in [5.41, 5.74) is 0.414. The quantitative estimate of drug-likeness (QED) is 0.330. The first kappa shape index (κ1) is 19.5. The van der Waals surface area contributed by atoms with Gasteiger partial charge in [-0.05, 0) is 36.6 Å². The molecule has 1 aromatic rings. The second-order valence-electron chi connectivity index (χ2n) is 5.41. The number of methoxy groups -OCH3 is 1. The Labute approximate surface area is 138 Å². The van der Waals surface area contributed by atoms with Gasteiger partial charge in [-0.1, -0.05) is 33.1 Å². The van der Waals surface area contributed by atoms with Crippen LogP contribution in [0.3, 0.4) is 0 Å². The molecular weight excluding hydrogens is 296 g/mol. The smallest absolute Gasteiger partial charge is 0.373 e. The van der Waals surface area contributed by atoms with Crippen molar-refractivity contribution in [3.63, 3.8) is 0 Å². The molecule has 0 amide bonds. The minimum absolute atomic E-state index is 0.228. The predicted octanol–water partition coefficient (Wildman–Crippen LogP) is 4.02. The van der Waals surface area contributed by atoms with Crippen molar-refractivity contribution in [3.05, 3.63) is 29.8 Å². The van der Waals surface area contributed by atoms with Crippen LogP contribution in [0.1, 0.15) is 49.9 Å². The van der Waals surface area contributed by atoms with Gasteiger partial charge in [0.2, 0.25) is 0 Å². The lowest BCUT2D eigenvalue weighted by Gasteiger charge is -2.14. The Morgan fingerprint density at radius 2 is 1.87 bits per heavy atom. The van der Waals surface area contributed by atoms with Crippen molar-refractivity contribution in [2.45, 2.75) is 39.5 Å². The highest BCUT2D eigenvalue weighted by molar-refractivity contribution is 5.89. The van der Waals surface area contributed by atoms with Crippen molar-refractivity contribution in [3.8, 4) is 5.75 Å². The van der Waals surface area contributed by atoms with E-state index in [1.165, 1.54) is 19.3 Å². The normalized spacial score (nSPS) is 12.0. The maximum absolute atomic E-state index is 11.7. The SMILES string of the molecule is CCCCC(CC)COCCOOC(=O)c1ccc(OC)cc1. The summed E-state index contributed by atoms with van der Waals surface area (Å²) in [6.45, 7) is 5.74. The lowest BCUT2D eigenvalue weighted by atomic mass is 10.0. The highest BCUT2D eigenvalue weighted by atomic mass is 17.2. The van der Waals surface area contributed by atoms with E-state index >= 15 is 0 Å². The van der Waals surface area contributed by atoms with Gasteiger partial charge in [-0.3, -0.25) is 4.89 Å². The zero-order chi connectivity index (χ0) is 16.9. The number of benzene rings is 1. The van der Waals surface area contributed by atoms with E-state index in [0.29, 0.717) is 23.8 Å². The van der Waals surface area contributed by atoms with Gasteiger partial charge in [0.1, 0.15) is 12.4 Å². The second kappa shape index (κ2) is 11.9. The fourth-order valence-corrected chi connectivity index (χ4v) is 2.11. The number of hydrogen-bond acceptors (Lipinski definition) is 5. The van der Waals surface area contributed by atoms with E-state index in [9.17, 15) is 4.79 Å². The maximum Gasteiger partial charge on any atom is 0.373 e. The summed E-state index contributed by atoms with van der Waals surface area (Å²) >= 11 is 0. The molecule has 0 spiro atoms. The van der Waals surface area contributed by atoms with E-state index in [2.05, 4.69) is 13.8 Å². The summed E-state index contributed by atoms with van der Waals surface area (Å²) in [5.74, 6) is 0.753. The molecule has 5 heteroatoms. The van der Waals surface area contributed by atoms with Crippen LogP contribution in [0, 0.1) is 5.92 Å². The zero-order valence-electron chi connectivity index (χ0n) is 14.4. The molecule has 0 fully saturated rings. The van der Waals surface area contributed by atoms with Gasteiger partial charge in [0.05, 0.1) is 19.3 Å². The van der Waals surface area contributed by atoms with Gasteiger partial charge in [0.25, 0.3) is 0 Å². The first-order valence-electron chi connectivity index (χ1n) is 8.26. The highest BCUT2D eigenvalue weighted by Gasteiger charge is 2.09. The van der Waals surface area contributed by atoms with Crippen molar-refractivity contribution in [1.82, 2.24) is 0 Å². The maximum atomic E-state index is 11.7. The molecule has 1 atom stereocenters. The fraction of sp³-hybridized carbons (Fsp3) is 0.611. The molecule has 1 aromatic carbocycles. The molecule has 1 unspecified atom stereocenters. The van der Waals surface area contributed by atoms with Crippen LogP contribution in [0.25, 0.3) is 0 Å². The first-order chi connectivity index (χ1) is 11.2. The molecule has 0 N–H and O–H groups in total. The summed E-state index contributed by atoms with van der Waals surface area (Å²) in [5, 5.41) is 0. The van der Waals surface area contributed by atoms with Gasteiger partial charge < -0.3 is 9.47 Å². The van der Waals surface area contributed by atoms with Crippen LogP contribution in [0.5, 0.6) is 5.75 Å². The van der Waals surface area contributed by atoms with Crippen LogP contribution in [-0.2, 0) is 14.5 Å². The van der Waals surface area contributed by atoms with E-state index in [0.717, 1.165) is 13.0 Å². The molecule has 5 nitrogen and oxygen atoms in total. The highest BCUT2D eigenvalue weighted by Crippen LogP contribution is 2.13. The Hall–Kier alpha value is -1.59. The number of unbranched alkanes of at least 4 members (excludes halogenated alkanes) is 1. The number of ether oxygens (including phenoxy) is 2. The molecule has 23 heavy (non-hydrogen) atoms. The lowest BCUT2D eigenvalue weighted by molar-refractivity contribution is -0.247. The summed E-state index contributed by atoms with van der Waals surface area (Å²) in [7, 11) is 1.57. The van der Waals surface area contributed by atoms with Gasteiger partial charge >= 0.3 is 5.97 Å². The Kier molecular flexibility index (Phi) is 10.1. The average molecular weight is 324 g/mol. The second-order valence-corrected chi connectivity index (χ2v) is 5.41. The molecule has 0 aliphatic heterocycles. The van der Waals surface area contributed by atoms with Crippen LogP contribution >= 0.6 is 0 Å². The predicted molar refractivity (Wildman–Crippen MR) is 88.5 cm³/mol. The van der Waals surface area contributed by atoms with E-state index in [1.54, 1.807) is 31.4 Å². The number of rotatable bonds is 12. The van der Waals surface area contributed by atoms with Crippen LogP contribution < -0.4 is 4.74 Å². The molecule has 1 rings (SSSR count). The molecule has 0 saturated heterocycles. The molecular formula is C18H28O5. The lowest BCUT2D eigenvalue weighted by Crippen LogP contribution is -2.14. The summed E-state index contributed by atoms with van der Waals surface area (Å²) in [6, 6.07) is 6.64. The first-order valence-corrected chi connectivity index (χ1v) is 8.26.